The van der Waals surface area contributed by atoms with Crippen LogP contribution in [0.2, 0.25) is 0 Å². The molecule has 2 aromatic carbocycles. The van der Waals surface area contributed by atoms with Crippen LogP contribution in [-0.2, 0) is 14.4 Å². The number of hydrogen-bond donors (Lipinski definition) is 1. The fourth-order valence-corrected chi connectivity index (χ4v) is 2.84. The van der Waals surface area contributed by atoms with E-state index in [4.69, 9.17) is 4.42 Å². The molecule has 130 valence electrons. The number of anilines is 1. The van der Waals surface area contributed by atoms with Crippen molar-refractivity contribution in [1.29, 1.82) is 0 Å². The van der Waals surface area contributed by atoms with E-state index in [-0.39, 0.29) is 31.2 Å². The Morgan fingerprint density at radius 3 is 2.42 bits per heavy atom. The number of amides is 3. The van der Waals surface area contributed by atoms with Crippen LogP contribution in [0.3, 0.4) is 0 Å². The number of likely N-dealkylation sites (tertiary alicyclic amines) is 1. The first-order valence-corrected chi connectivity index (χ1v) is 8.19. The van der Waals surface area contributed by atoms with Gasteiger partial charge in [0.15, 0.2) is 5.58 Å². The van der Waals surface area contributed by atoms with Crippen molar-refractivity contribution in [3.8, 4) is 11.5 Å². The van der Waals surface area contributed by atoms with Gasteiger partial charge >= 0.3 is 0 Å². The maximum absolute atomic E-state index is 12.0. The van der Waals surface area contributed by atoms with Crippen LogP contribution in [0.25, 0.3) is 22.6 Å². The fraction of sp³-hybridized carbons (Fsp3) is 0.158. The molecule has 0 spiro atoms. The van der Waals surface area contributed by atoms with Gasteiger partial charge in [0, 0.05) is 24.1 Å². The number of oxazole rings is 1. The van der Waals surface area contributed by atoms with Gasteiger partial charge in [0.25, 0.3) is 0 Å². The highest BCUT2D eigenvalue weighted by molar-refractivity contribution is 6.06. The van der Waals surface area contributed by atoms with Gasteiger partial charge in [0.05, 0.1) is 0 Å². The van der Waals surface area contributed by atoms with E-state index in [9.17, 15) is 14.4 Å². The van der Waals surface area contributed by atoms with E-state index in [0.29, 0.717) is 17.2 Å². The van der Waals surface area contributed by atoms with E-state index >= 15 is 0 Å². The fourth-order valence-electron chi connectivity index (χ4n) is 2.84. The SMILES string of the molecule is O=C(CN1C(=O)CCC1=O)Nc1ccc(-c2nc3ccccc3o2)cc1. The van der Waals surface area contributed by atoms with E-state index in [2.05, 4.69) is 10.3 Å². The van der Waals surface area contributed by atoms with Crippen LogP contribution in [0, 0.1) is 0 Å². The zero-order valence-corrected chi connectivity index (χ0v) is 13.8. The predicted molar refractivity (Wildman–Crippen MR) is 94.0 cm³/mol. The van der Waals surface area contributed by atoms with Gasteiger partial charge in [-0.1, -0.05) is 12.1 Å². The molecule has 3 amide bonds. The maximum Gasteiger partial charge on any atom is 0.244 e. The van der Waals surface area contributed by atoms with Gasteiger partial charge in [-0.3, -0.25) is 19.3 Å². The van der Waals surface area contributed by atoms with Crippen LogP contribution in [0.1, 0.15) is 12.8 Å². The Morgan fingerprint density at radius 1 is 1.04 bits per heavy atom. The normalized spacial score (nSPS) is 14.2. The van der Waals surface area contributed by atoms with Crippen LogP contribution in [0.5, 0.6) is 0 Å². The summed E-state index contributed by atoms with van der Waals surface area (Å²) < 4.78 is 5.71. The molecule has 4 rings (SSSR count). The molecule has 1 N–H and O–H groups in total. The van der Waals surface area contributed by atoms with Crippen molar-refractivity contribution in [3.05, 3.63) is 48.5 Å². The van der Waals surface area contributed by atoms with Gasteiger partial charge in [0.1, 0.15) is 12.1 Å². The summed E-state index contributed by atoms with van der Waals surface area (Å²) in [7, 11) is 0. The Morgan fingerprint density at radius 2 is 1.73 bits per heavy atom. The molecule has 0 saturated carbocycles. The average Bonchev–Trinajstić information content (AvgIpc) is 3.21. The largest absolute Gasteiger partial charge is 0.436 e. The van der Waals surface area contributed by atoms with E-state index in [0.717, 1.165) is 16.0 Å². The molecule has 26 heavy (non-hydrogen) atoms. The molecule has 0 atom stereocenters. The first-order valence-electron chi connectivity index (χ1n) is 8.19. The summed E-state index contributed by atoms with van der Waals surface area (Å²) >= 11 is 0. The number of carbonyl (C=O) groups excluding carboxylic acids is 3. The Balaban J connectivity index is 1.45. The summed E-state index contributed by atoms with van der Waals surface area (Å²) in [5.41, 5.74) is 2.83. The van der Waals surface area contributed by atoms with Crippen molar-refractivity contribution in [3.63, 3.8) is 0 Å². The summed E-state index contributed by atoms with van der Waals surface area (Å²) in [5, 5.41) is 2.68. The van der Waals surface area contributed by atoms with E-state index < -0.39 is 5.91 Å². The second-order valence-electron chi connectivity index (χ2n) is 5.99. The highest BCUT2D eigenvalue weighted by Crippen LogP contribution is 2.25. The van der Waals surface area contributed by atoms with Crippen LogP contribution in [-0.4, -0.2) is 34.2 Å². The van der Waals surface area contributed by atoms with Crippen molar-refractivity contribution < 1.29 is 18.8 Å². The van der Waals surface area contributed by atoms with Crippen LogP contribution >= 0.6 is 0 Å². The first kappa shape index (κ1) is 16.0. The van der Waals surface area contributed by atoms with Crippen molar-refractivity contribution in [1.82, 2.24) is 9.88 Å². The second kappa shape index (κ2) is 6.44. The van der Waals surface area contributed by atoms with E-state index in [1.54, 1.807) is 24.3 Å². The molecule has 2 heterocycles. The summed E-state index contributed by atoms with van der Waals surface area (Å²) in [5.74, 6) is -0.534. The van der Waals surface area contributed by atoms with Crippen molar-refractivity contribution in [2.24, 2.45) is 0 Å². The number of rotatable bonds is 4. The standard InChI is InChI=1S/C19H15N3O4/c23-16(11-22-17(24)9-10-18(22)25)20-13-7-5-12(6-8-13)19-21-14-3-1-2-4-15(14)26-19/h1-8H,9-11H2,(H,20,23). The zero-order chi connectivity index (χ0) is 18.1. The maximum atomic E-state index is 12.0. The number of nitrogens with one attached hydrogen (secondary N) is 1. The van der Waals surface area contributed by atoms with Crippen LogP contribution in [0.4, 0.5) is 5.69 Å². The van der Waals surface area contributed by atoms with E-state index in [1.807, 2.05) is 24.3 Å². The Hall–Kier alpha value is -3.48. The molecule has 7 nitrogen and oxygen atoms in total. The lowest BCUT2D eigenvalue weighted by atomic mass is 10.2. The third-order valence-corrected chi connectivity index (χ3v) is 4.17. The Bertz CT molecular complexity index is 958. The smallest absolute Gasteiger partial charge is 0.244 e. The minimum Gasteiger partial charge on any atom is -0.436 e. The molecule has 0 radical (unpaired) electrons. The topological polar surface area (TPSA) is 92.5 Å². The number of fused-ring (bicyclic) bond motifs is 1. The third-order valence-electron chi connectivity index (χ3n) is 4.17. The summed E-state index contributed by atoms with van der Waals surface area (Å²) in [4.78, 5) is 40.6. The van der Waals surface area contributed by atoms with Gasteiger partial charge < -0.3 is 9.73 Å². The lowest BCUT2D eigenvalue weighted by molar-refractivity contribution is -0.141. The second-order valence-corrected chi connectivity index (χ2v) is 5.99. The molecule has 1 saturated heterocycles. The van der Waals surface area contributed by atoms with Gasteiger partial charge in [-0.15, -0.1) is 0 Å². The quantitative estimate of drug-likeness (QED) is 0.731. The highest BCUT2D eigenvalue weighted by atomic mass is 16.3. The van der Waals surface area contributed by atoms with Gasteiger partial charge in [0.2, 0.25) is 23.6 Å². The summed E-state index contributed by atoms with van der Waals surface area (Å²) in [6.45, 7) is -0.259. The molecule has 3 aromatic rings. The lowest BCUT2D eigenvalue weighted by Gasteiger charge is -2.13. The molecule has 1 fully saturated rings. The molecule has 0 unspecified atom stereocenters. The van der Waals surface area contributed by atoms with E-state index in [1.165, 1.54) is 0 Å². The Kier molecular flexibility index (Phi) is 3.96. The van der Waals surface area contributed by atoms with Gasteiger partial charge in [-0.2, -0.15) is 0 Å². The Labute approximate surface area is 148 Å². The van der Waals surface area contributed by atoms with Gasteiger partial charge in [-0.05, 0) is 36.4 Å². The average molecular weight is 349 g/mol. The minimum atomic E-state index is -0.414. The number of benzene rings is 2. The lowest BCUT2D eigenvalue weighted by Crippen LogP contribution is -2.36. The predicted octanol–water partition coefficient (Wildman–Crippen LogP) is 2.58. The summed E-state index contributed by atoms with van der Waals surface area (Å²) in [6, 6.07) is 14.5. The first-order chi connectivity index (χ1) is 12.6. The molecule has 7 heteroatoms. The molecular weight excluding hydrogens is 334 g/mol. The van der Waals surface area contributed by atoms with Crippen LogP contribution < -0.4 is 5.32 Å². The molecule has 0 bridgehead atoms. The highest BCUT2D eigenvalue weighted by Gasteiger charge is 2.30. The number of nitrogens with zero attached hydrogens (tertiary/aromatic N) is 2. The molecule has 0 aliphatic carbocycles. The summed E-state index contributed by atoms with van der Waals surface area (Å²) in [6.07, 6.45) is 0.344. The number of carbonyl (C=O) groups is 3. The number of aromatic nitrogens is 1. The van der Waals surface area contributed by atoms with Crippen molar-refractivity contribution >= 4 is 34.5 Å². The molecule has 1 aliphatic rings. The molecule has 1 aromatic heterocycles. The van der Waals surface area contributed by atoms with Crippen molar-refractivity contribution in [2.75, 3.05) is 11.9 Å². The number of para-hydroxylation sites is 2. The van der Waals surface area contributed by atoms with Crippen LogP contribution in [0.15, 0.2) is 52.9 Å². The number of imide groups is 1. The molecule has 1 aliphatic heterocycles. The molecular formula is C19H15N3O4. The third kappa shape index (κ3) is 3.06. The van der Waals surface area contributed by atoms with Gasteiger partial charge in [-0.25, -0.2) is 4.98 Å². The number of hydrogen-bond acceptors (Lipinski definition) is 5. The zero-order valence-electron chi connectivity index (χ0n) is 13.8. The minimum absolute atomic E-state index is 0.172. The van der Waals surface area contributed by atoms with Crippen molar-refractivity contribution in [2.45, 2.75) is 12.8 Å². The monoisotopic (exact) mass is 349 g/mol.